The number of nitrogens with zero attached hydrogens (tertiary/aromatic N) is 1. The van der Waals surface area contributed by atoms with E-state index in [1.54, 1.807) is 20.2 Å². The third-order valence-corrected chi connectivity index (χ3v) is 5.26. The first kappa shape index (κ1) is 13.1. The van der Waals surface area contributed by atoms with Crippen molar-refractivity contribution in [3.8, 4) is 0 Å². The summed E-state index contributed by atoms with van der Waals surface area (Å²) in [5.41, 5.74) is 5.44. The summed E-state index contributed by atoms with van der Waals surface area (Å²) in [5, 5.41) is 1.38. The van der Waals surface area contributed by atoms with Gasteiger partial charge in [-0.25, -0.2) is 13.4 Å². The number of nitrogens with two attached hydrogens (primary N) is 1. The monoisotopic (exact) mass is 313 g/mol. The topological polar surface area (TPSA) is 75.4 Å². The van der Waals surface area contributed by atoms with E-state index in [0.717, 1.165) is 4.88 Å². The van der Waals surface area contributed by atoms with Gasteiger partial charge in [-0.3, -0.25) is 0 Å². The molecule has 0 spiro atoms. The van der Waals surface area contributed by atoms with Crippen LogP contribution in [0.2, 0.25) is 0 Å². The zero-order valence-corrected chi connectivity index (χ0v) is 11.5. The van der Waals surface area contributed by atoms with Gasteiger partial charge in [0.15, 0.2) is 0 Å². The van der Waals surface area contributed by atoms with Crippen LogP contribution in [-0.2, 0) is 16.6 Å². The molecule has 1 heterocycles. The van der Waals surface area contributed by atoms with E-state index in [2.05, 4.69) is 20.8 Å². The number of rotatable bonds is 4. The summed E-state index contributed by atoms with van der Waals surface area (Å²) in [6.07, 6.45) is 0. The Morgan fingerprint density at radius 2 is 2.20 bits per heavy atom. The van der Waals surface area contributed by atoms with Gasteiger partial charge in [-0.1, -0.05) is 0 Å². The van der Waals surface area contributed by atoms with Gasteiger partial charge in [0.25, 0.3) is 10.0 Å². The minimum absolute atomic E-state index is 0.224. The van der Waals surface area contributed by atoms with Crippen molar-refractivity contribution in [3.05, 3.63) is 14.7 Å². The van der Waals surface area contributed by atoms with Crippen LogP contribution in [-0.4, -0.2) is 27.5 Å². The van der Waals surface area contributed by atoms with Gasteiger partial charge < -0.3 is 5.73 Å². The smallest absolute Gasteiger partial charge is 0.255 e. The minimum Gasteiger partial charge on any atom is -0.326 e. The van der Waals surface area contributed by atoms with Crippen molar-refractivity contribution in [1.82, 2.24) is 9.84 Å². The van der Waals surface area contributed by atoms with Crippen LogP contribution in [0.15, 0.2) is 14.7 Å². The summed E-state index contributed by atoms with van der Waals surface area (Å²) >= 11 is 4.53. The zero-order valence-electron chi connectivity index (χ0n) is 8.32. The highest BCUT2D eigenvalue weighted by Crippen LogP contribution is 2.31. The number of hydrazine groups is 1. The first-order valence-electron chi connectivity index (χ1n) is 4.05. The van der Waals surface area contributed by atoms with Crippen molar-refractivity contribution in [3.63, 3.8) is 0 Å². The standard InChI is InChI=1S/C7H12BrN3O2S2/c1-11(2)10-15(12,13)6-3-5(4-9)14-7(6)8/h3,10H,4,9H2,1-2H3. The van der Waals surface area contributed by atoms with Crippen LogP contribution in [0.3, 0.4) is 0 Å². The van der Waals surface area contributed by atoms with Crippen LogP contribution < -0.4 is 10.6 Å². The highest BCUT2D eigenvalue weighted by Gasteiger charge is 2.20. The van der Waals surface area contributed by atoms with Gasteiger partial charge in [0.2, 0.25) is 0 Å². The quantitative estimate of drug-likeness (QED) is 0.803. The molecule has 0 fully saturated rings. The van der Waals surface area contributed by atoms with Gasteiger partial charge in [0, 0.05) is 25.5 Å². The fraction of sp³-hybridized carbons (Fsp3) is 0.429. The molecule has 0 aliphatic heterocycles. The van der Waals surface area contributed by atoms with Crippen molar-refractivity contribution < 1.29 is 8.42 Å². The molecule has 0 saturated carbocycles. The fourth-order valence-corrected chi connectivity index (χ4v) is 4.61. The molecule has 3 N–H and O–H groups in total. The number of nitrogens with one attached hydrogen (secondary N) is 1. The first-order chi connectivity index (χ1) is 6.86. The molecule has 15 heavy (non-hydrogen) atoms. The first-order valence-corrected chi connectivity index (χ1v) is 7.14. The number of halogens is 1. The summed E-state index contributed by atoms with van der Waals surface area (Å²) in [6.45, 7) is 0.334. The highest BCUT2D eigenvalue weighted by molar-refractivity contribution is 9.11. The molecule has 1 rings (SSSR count). The summed E-state index contributed by atoms with van der Waals surface area (Å²) in [5.74, 6) is 0. The van der Waals surface area contributed by atoms with Crippen molar-refractivity contribution in [2.45, 2.75) is 11.4 Å². The van der Waals surface area contributed by atoms with Gasteiger partial charge in [-0.2, -0.15) is 0 Å². The van der Waals surface area contributed by atoms with Crippen molar-refractivity contribution >= 4 is 37.3 Å². The zero-order chi connectivity index (χ0) is 11.6. The maximum Gasteiger partial charge on any atom is 0.255 e. The van der Waals surface area contributed by atoms with Crippen LogP contribution in [0.1, 0.15) is 4.88 Å². The normalized spacial score (nSPS) is 12.3. The third-order valence-electron chi connectivity index (χ3n) is 1.50. The van der Waals surface area contributed by atoms with Crippen LogP contribution in [0, 0.1) is 0 Å². The van der Waals surface area contributed by atoms with E-state index in [-0.39, 0.29) is 4.90 Å². The maximum absolute atomic E-state index is 11.8. The molecule has 5 nitrogen and oxygen atoms in total. The summed E-state index contributed by atoms with van der Waals surface area (Å²) < 4.78 is 24.1. The van der Waals surface area contributed by atoms with Gasteiger partial charge in [-0.05, 0) is 22.0 Å². The lowest BCUT2D eigenvalue weighted by atomic mass is 10.5. The predicted octanol–water partition coefficient (Wildman–Crippen LogP) is 0.724. The second kappa shape index (κ2) is 4.89. The molecule has 0 atom stereocenters. The Balaban J connectivity index is 3.09. The Morgan fingerprint density at radius 3 is 2.60 bits per heavy atom. The molecule has 0 aromatic carbocycles. The van der Waals surface area contributed by atoms with Gasteiger partial charge in [0.05, 0.1) is 3.79 Å². The van der Waals surface area contributed by atoms with E-state index in [9.17, 15) is 8.42 Å². The number of thiophene rings is 1. The second-order valence-corrected chi connectivity index (χ2v) is 7.13. The Labute approximate surface area is 101 Å². The molecule has 0 amide bonds. The van der Waals surface area contributed by atoms with Crippen LogP contribution in [0.25, 0.3) is 0 Å². The molecule has 0 aliphatic rings. The molecule has 86 valence electrons. The number of hydrogen-bond acceptors (Lipinski definition) is 5. The molecule has 0 bridgehead atoms. The summed E-state index contributed by atoms with van der Waals surface area (Å²) in [4.78, 5) is 3.40. The van der Waals surface area contributed by atoms with Crippen LogP contribution >= 0.6 is 27.3 Å². The largest absolute Gasteiger partial charge is 0.326 e. The lowest BCUT2D eigenvalue weighted by Gasteiger charge is -2.11. The number of sulfonamides is 1. The Bertz CT molecular complexity index is 441. The molecule has 0 aliphatic carbocycles. The van der Waals surface area contributed by atoms with Gasteiger partial charge in [-0.15, -0.1) is 16.2 Å². The molecule has 8 heteroatoms. The van der Waals surface area contributed by atoms with E-state index < -0.39 is 10.0 Å². The number of hydrogen-bond donors (Lipinski definition) is 2. The average molecular weight is 314 g/mol. The second-order valence-electron chi connectivity index (χ2n) is 3.04. The average Bonchev–Trinajstić information content (AvgIpc) is 2.45. The lowest BCUT2D eigenvalue weighted by molar-refractivity contribution is 0.364. The maximum atomic E-state index is 11.8. The Hall–Kier alpha value is 0.01000. The Kier molecular flexibility index (Phi) is 4.27. The third kappa shape index (κ3) is 3.23. The van der Waals surface area contributed by atoms with E-state index >= 15 is 0 Å². The molecule has 0 saturated heterocycles. The van der Waals surface area contributed by atoms with E-state index in [1.165, 1.54) is 16.3 Å². The molecule has 1 aromatic rings. The lowest BCUT2D eigenvalue weighted by Crippen LogP contribution is -2.36. The minimum atomic E-state index is -3.50. The van der Waals surface area contributed by atoms with Crippen LogP contribution in [0.4, 0.5) is 0 Å². The Morgan fingerprint density at radius 1 is 1.60 bits per heavy atom. The van der Waals surface area contributed by atoms with E-state index in [0.29, 0.717) is 10.3 Å². The van der Waals surface area contributed by atoms with Crippen molar-refractivity contribution in [2.24, 2.45) is 5.73 Å². The summed E-state index contributed by atoms with van der Waals surface area (Å²) in [6, 6.07) is 1.57. The summed E-state index contributed by atoms with van der Waals surface area (Å²) in [7, 11) is -0.270. The predicted molar refractivity (Wildman–Crippen MR) is 63.9 cm³/mol. The molecule has 0 unspecified atom stereocenters. The molecular weight excluding hydrogens is 302 g/mol. The molecule has 1 aromatic heterocycles. The van der Waals surface area contributed by atoms with E-state index in [1.807, 2.05) is 0 Å². The highest BCUT2D eigenvalue weighted by atomic mass is 79.9. The molecule has 0 radical (unpaired) electrons. The van der Waals surface area contributed by atoms with Crippen molar-refractivity contribution in [2.75, 3.05) is 14.1 Å². The molecular formula is C7H12BrN3O2S2. The SMILES string of the molecule is CN(C)NS(=O)(=O)c1cc(CN)sc1Br. The van der Waals surface area contributed by atoms with E-state index in [4.69, 9.17) is 5.73 Å². The van der Waals surface area contributed by atoms with Crippen LogP contribution in [0.5, 0.6) is 0 Å². The van der Waals surface area contributed by atoms with Gasteiger partial charge >= 0.3 is 0 Å². The van der Waals surface area contributed by atoms with Gasteiger partial charge in [0.1, 0.15) is 4.90 Å². The fourth-order valence-electron chi connectivity index (χ4n) is 0.971. The van der Waals surface area contributed by atoms with Crippen molar-refractivity contribution in [1.29, 1.82) is 0 Å².